The molecule has 1 aliphatic rings. The highest BCUT2D eigenvalue weighted by molar-refractivity contribution is 6.31. The molecule has 1 fully saturated rings. The Kier molecular flexibility index (Phi) is 5.05. The van der Waals surface area contributed by atoms with Crippen LogP contribution in [-0.2, 0) is 9.59 Å². The second-order valence-electron chi connectivity index (χ2n) is 7.10. The van der Waals surface area contributed by atoms with Crippen molar-refractivity contribution in [3.8, 4) is 0 Å². The molecule has 1 N–H and O–H groups in total. The Morgan fingerprint density at radius 3 is 2.38 bits per heavy atom. The first-order chi connectivity index (χ1) is 12.3. The molecule has 0 spiro atoms. The summed E-state index contributed by atoms with van der Waals surface area (Å²) in [5.74, 6) is -0.530. The van der Waals surface area contributed by atoms with Gasteiger partial charge in [0.1, 0.15) is 0 Å². The molecule has 5 heteroatoms. The summed E-state index contributed by atoms with van der Waals surface area (Å²) < 4.78 is 0. The van der Waals surface area contributed by atoms with Crippen molar-refractivity contribution < 1.29 is 9.59 Å². The van der Waals surface area contributed by atoms with E-state index in [1.807, 2.05) is 33.8 Å². The number of hydrogen-bond donors (Lipinski definition) is 1. The van der Waals surface area contributed by atoms with Crippen LogP contribution >= 0.6 is 11.6 Å². The number of aryl methyl sites for hydroxylation is 4. The van der Waals surface area contributed by atoms with Crippen LogP contribution in [0.3, 0.4) is 0 Å². The molecule has 1 heterocycles. The number of rotatable bonds is 3. The Bertz CT molecular complexity index is 869. The van der Waals surface area contributed by atoms with E-state index >= 15 is 0 Å². The van der Waals surface area contributed by atoms with Crippen LogP contribution in [0.25, 0.3) is 0 Å². The Morgan fingerprint density at radius 2 is 1.73 bits per heavy atom. The van der Waals surface area contributed by atoms with E-state index in [1.54, 1.807) is 17.0 Å². The molecule has 2 amide bonds. The summed E-state index contributed by atoms with van der Waals surface area (Å²) in [5, 5.41) is 3.49. The third-order valence-electron chi connectivity index (χ3n) is 4.86. The van der Waals surface area contributed by atoms with Crippen molar-refractivity contribution in [1.29, 1.82) is 0 Å². The van der Waals surface area contributed by atoms with Crippen molar-refractivity contribution in [2.75, 3.05) is 16.8 Å². The van der Waals surface area contributed by atoms with Gasteiger partial charge in [-0.1, -0.05) is 35.4 Å². The van der Waals surface area contributed by atoms with E-state index in [1.165, 1.54) is 5.56 Å². The SMILES string of the molecule is Cc1cc(C)c(N2CC(C(=O)Nc3cc(Cl)ccc3C)CC2=O)c(C)c1. The predicted octanol–water partition coefficient (Wildman–Crippen LogP) is 4.57. The molecule has 4 nitrogen and oxygen atoms in total. The summed E-state index contributed by atoms with van der Waals surface area (Å²) in [4.78, 5) is 27.0. The molecule has 0 aliphatic carbocycles. The van der Waals surface area contributed by atoms with Crippen LogP contribution in [0.5, 0.6) is 0 Å². The van der Waals surface area contributed by atoms with E-state index in [2.05, 4.69) is 17.4 Å². The average Bonchev–Trinajstić information content (AvgIpc) is 2.92. The molecular weight excluding hydrogens is 348 g/mol. The fraction of sp³-hybridized carbons (Fsp3) is 0.333. The third-order valence-corrected chi connectivity index (χ3v) is 5.09. The van der Waals surface area contributed by atoms with Crippen molar-refractivity contribution in [2.45, 2.75) is 34.1 Å². The summed E-state index contributed by atoms with van der Waals surface area (Å²) in [6.45, 7) is 8.36. The number of amides is 2. The summed E-state index contributed by atoms with van der Waals surface area (Å²) in [5.41, 5.74) is 5.84. The first-order valence-corrected chi connectivity index (χ1v) is 9.09. The van der Waals surface area contributed by atoms with Crippen molar-refractivity contribution in [3.63, 3.8) is 0 Å². The smallest absolute Gasteiger partial charge is 0.229 e. The van der Waals surface area contributed by atoms with Gasteiger partial charge in [0.2, 0.25) is 11.8 Å². The van der Waals surface area contributed by atoms with E-state index in [-0.39, 0.29) is 24.2 Å². The Hall–Kier alpha value is -2.33. The minimum atomic E-state index is -0.374. The van der Waals surface area contributed by atoms with Crippen LogP contribution in [0.4, 0.5) is 11.4 Å². The van der Waals surface area contributed by atoms with Crippen molar-refractivity contribution >= 4 is 34.8 Å². The molecule has 2 aromatic carbocycles. The first kappa shape index (κ1) is 18.5. The summed E-state index contributed by atoms with van der Waals surface area (Å²) in [7, 11) is 0. The van der Waals surface area contributed by atoms with Crippen LogP contribution in [0.15, 0.2) is 30.3 Å². The Balaban J connectivity index is 1.79. The van der Waals surface area contributed by atoms with Gasteiger partial charge in [-0.25, -0.2) is 0 Å². The summed E-state index contributed by atoms with van der Waals surface area (Å²) in [6.07, 6.45) is 0.220. The molecule has 0 saturated carbocycles. The Labute approximate surface area is 159 Å². The van der Waals surface area contributed by atoms with Gasteiger partial charge in [0.05, 0.1) is 5.92 Å². The fourth-order valence-electron chi connectivity index (χ4n) is 3.66. The number of benzene rings is 2. The topological polar surface area (TPSA) is 49.4 Å². The van der Waals surface area contributed by atoms with Gasteiger partial charge >= 0.3 is 0 Å². The van der Waals surface area contributed by atoms with Gasteiger partial charge in [-0.3, -0.25) is 9.59 Å². The second-order valence-corrected chi connectivity index (χ2v) is 7.54. The molecule has 2 aromatic rings. The Morgan fingerprint density at radius 1 is 1.08 bits per heavy atom. The van der Waals surface area contributed by atoms with Crippen LogP contribution in [0, 0.1) is 33.6 Å². The van der Waals surface area contributed by atoms with Crippen molar-refractivity contribution in [1.82, 2.24) is 0 Å². The number of halogens is 1. The zero-order valence-electron chi connectivity index (χ0n) is 15.5. The van der Waals surface area contributed by atoms with Crippen molar-refractivity contribution in [3.05, 3.63) is 57.6 Å². The molecule has 1 unspecified atom stereocenters. The van der Waals surface area contributed by atoms with Crippen molar-refractivity contribution in [2.24, 2.45) is 5.92 Å². The van der Waals surface area contributed by atoms with Gasteiger partial charge in [-0.2, -0.15) is 0 Å². The standard InChI is InChI=1S/C21H23ClN2O2/c1-12-7-14(3)20(15(4)8-12)24-11-16(9-19(24)25)21(26)23-18-10-17(22)6-5-13(18)2/h5-8,10,16H,9,11H2,1-4H3,(H,23,26). The summed E-state index contributed by atoms with van der Waals surface area (Å²) >= 11 is 6.02. The molecule has 0 radical (unpaired) electrons. The van der Waals surface area contributed by atoms with Crippen LogP contribution in [0.2, 0.25) is 5.02 Å². The third kappa shape index (κ3) is 3.61. The van der Waals surface area contributed by atoms with Gasteiger partial charge in [0, 0.05) is 29.4 Å². The van der Waals surface area contributed by atoms with Gasteiger partial charge in [0.25, 0.3) is 0 Å². The molecule has 1 aliphatic heterocycles. The fourth-order valence-corrected chi connectivity index (χ4v) is 3.83. The highest BCUT2D eigenvalue weighted by atomic mass is 35.5. The number of nitrogens with zero attached hydrogens (tertiary/aromatic N) is 1. The van der Waals surface area contributed by atoms with Gasteiger partial charge < -0.3 is 10.2 Å². The normalized spacial score (nSPS) is 16.9. The first-order valence-electron chi connectivity index (χ1n) is 8.71. The quantitative estimate of drug-likeness (QED) is 0.860. The maximum atomic E-state index is 12.7. The molecule has 26 heavy (non-hydrogen) atoms. The van der Waals surface area contributed by atoms with Gasteiger partial charge in [-0.15, -0.1) is 0 Å². The largest absolute Gasteiger partial charge is 0.325 e. The number of carbonyl (C=O) groups excluding carboxylic acids is 2. The molecule has 3 rings (SSSR count). The molecule has 1 atom stereocenters. The number of nitrogens with one attached hydrogen (secondary N) is 1. The van der Waals surface area contributed by atoms with E-state index in [0.29, 0.717) is 17.3 Å². The second kappa shape index (κ2) is 7.12. The van der Waals surface area contributed by atoms with Gasteiger partial charge in [0.15, 0.2) is 0 Å². The molecule has 136 valence electrons. The average molecular weight is 371 g/mol. The highest BCUT2D eigenvalue weighted by Crippen LogP contribution is 2.32. The molecular formula is C21H23ClN2O2. The summed E-state index contributed by atoms with van der Waals surface area (Å²) in [6, 6.07) is 9.52. The molecule has 0 aromatic heterocycles. The maximum absolute atomic E-state index is 12.7. The van der Waals surface area contributed by atoms with E-state index in [9.17, 15) is 9.59 Å². The van der Waals surface area contributed by atoms with E-state index in [0.717, 1.165) is 22.4 Å². The van der Waals surface area contributed by atoms with Crippen LogP contribution in [0.1, 0.15) is 28.7 Å². The lowest BCUT2D eigenvalue weighted by atomic mass is 10.0. The molecule has 1 saturated heterocycles. The lowest BCUT2D eigenvalue weighted by molar-refractivity contribution is -0.122. The minimum Gasteiger partial charge on any atom is -0.325 e. The van der Waals surface area contributed by atoms with Gasteiger partial charge in [-0.05, 0) is 56.5 Å². The van der Waals surface area contributed by atoms with Crippen LogP contribution < -0.4 is 10.2 Å². The zero-order valence-corrected chi connectivity index (χ0v) is 16.3. The molecule has 0 bridgehead atoms. The lowest BCUT2D eigenvalue weighted by Gasteiger charge is -2.22. The zero-order chi connectivity index (χ0) is 19.0. The maximum Gasteiger partial charge on any atom is 0.229 e. The van der Waals surface area contributed by atoms with E-state index in [4.69, 9.17) is 11.6 Å². The number of hydrogen-bond acceptors (Lipinski definition) is 2. The minimum absolute atomic E-state index is 0.0111. The van der Waals surface area contributed by atoms with E-state index < -0.39 is 0 Å². The van der Waals surface area contributed by atoms with Crippen LogP contribution in [-0.4, -0.2) is 18.4 Å². The number of anilines is 2. The monoisotopic (exact) mass is 370 g/mol. The highest BCUT2D eigenvalue weighted by Gasteiger charge is 2.36. The number of carbonyl (C=O) groups is 2. The lowest BCUT2D eigenvalue weighted by Crippen LogP contribution is -2.29. The predicted molar refractivity (Wildman–Crippen MR) is 106 cm³/mol.